The summed E-state index contributed by atoms with van der Waals surface area (Å²) in [4.78, 5) is 21.2. The van der Waals surface area contributed by atoms with Gasteiger partial charge in [-0.1, -0.05) is 18.2 Å². The summed E-state index contributed by atoms with van der Waals surface area (Å²) in [5.74, 6) is 1.19. The van der Waals surface area contributed by atoms with Crippen LogP contribution in [0, 0.1) is 13.8 Å². The van der Waals surface area contributed by atoms with Gasteiger partial charge in [-0.3, -0.25) is 9.78 Å². The first-order valence-electron chi connectivity index (χ1n) is 9.51. The van der Waals surface area contributed by atoms with E-state index in [4.69, 9.17) is 8.83 Å². The van der Waals surface area contributed by atoms with Crippen molar-refractivity contribution in [2.45, 2.75) is 26.4 Å². The van der Waals surface area contributed by atoms with Crippen LogP contribution in [-0.2, 0) is 11.2 Å². The van der Waals surface area contributed by atoms with Gasteiger partial charge in [0, 0.05) is 11.9 Å². The van der Waals surface area contributed by atoms with Crippen molar-refractivity contribution >= 4 is 11.6 Å². The molecule has 0 aliphatic rings. The van der Waals surface area contributed by atoms with Gasteiger partial charge in [0.2, 0.25) is 5.91 Å². The molecule has 0 spiro atoms. The number of aromatic nitrogens is 2. The molecule has 4 aromatic rings. The minimum Gasteiger partial charge on any atom is -0.459 e. The Hall–Kier alpha value is -3.71. The number of hydrogen-bond donors (Lipinski definition) is 2. The third kappa shape index (κ3) is 4.16. The zero-order valence-corrected chi connectivity index (χ0v) is 16.6. The number of aryl methyl sites for hydroxylation is 2. The molecule has 0 bridgehead atoms. The zero-order valence-electron chi connectivity index (χ0n) is 16.6. The van der Waals surface area contributed by atoms with Crippen molar-refractivity contribution in [3.05, 3.63) is 89.3 Å². The Kier molecular flexibility index (Phi) is 5.45. The van der Waals surface area contributed by atoms with Gasteiger partial charge in [0.25, 0.3) is 5.89 Å². The largest absolute Gasteiger partial charge is 0.459 e. The maximum Gasteiger partial charge on any atom is 0.263 e. The Bertz CT molecular complexity index is 1150. The van der Waals surface area contributed by atoms with Gasteiger partial charge >= 0.3 is 0 Å². The molecule has 1 amide bonds. The number of hydrogen-bond acceptors (Lipinski definition) is 6. The van der Waals surface area contributed by atoms with Gasteiger partial charge in [0.1, 0.15) is 11.9 Å². The predicted molar refractivity (Wildman–Crippen MR) is 111 cm³/mol. The van der Waals surface area contributed by atoms with Gasteiger partial charge in [0.15, 0.2) is 5.76 Å². The molecule has 0 fully saturated rings. The smallest absolute Gasteiger partial charge is 0.263 e. The fraction of sp³-hybridized carbons (Fsp3) is 0.174. The minimum atomic E-state index is -0.879. The highest BCUT2D eigenvalue weighted by Crippen LogP contribution is 2.26. The SMILES string of the molecule is Cc1ccc(C(O)c2ccccn2)cc1NC(=O)Cc1nc(-c2ccco2)oc1C. The lowest BCUT2D eigenvalue weighted by Crippen LogP contribution is -2.16. The number of nitrogens with zero attached hydrogens (tertiary/aromatic N) is 2. The summed E-state index contributed by atoms with van der Waals surface area (Å²) in [6.07, 6.45) is 2.35. The molecule has 0 aliphatic heterocycles. The summed E-state index contributed by atoms with van der Waals surface area (Å²) in [5.41, 5.74) is 3.24. The summed E-state index contributed by atoms with van der Waals surface area (Å²) in [6, 6.07) is 14.3. The molecular weight excluding hydrogens is 382 g/mol. The van der Waals surface area contributed by atoms with Gasteiger partial charge in [-0.2, -0.15) is 0 Å². The van der Waals surface area contributed by atoms with E-state index in [1.54, 1.807) is 43.5 Å². The standard InChI is InChI=1S/C23H21N3O4/c1-14-8-9-16(22(28)17-6-3-4-10-24-17)12-18(14)25-21(27)13-19-15(2)30-23(26-19)20-7-5-11-29-20/h3-12,22,28H,13H2,1-2H3,(H,25,27). The number of amides is 1. The fourth-order valence-electron chi connectivity index (χ4n) is 3.10. The molecule has 1 atom stereocenters. The molecular formula is C23H21N3O4. The third-order valence-corrected chi connectivity index (χ3v) is 4.77. The molecule has 0 aliphatic carbocycles. The van der Waals surface area contributed by atoms with Crippen LogP contribution in [0.5, 0.6) is 0 Å². The Morgan fingerprint density at radius 1 is 1.17 bits per heavy atom. The summed E-state index contributed by atoms with van der Waals surface area (Å²) in [5, 5.41) is 13.5. The second-order valence-electron chi connectivity index (χ2n) is 6.96. The highest BCUT2D eigenvalue weighted by molar-refractivity contribution is 5.93. The van der Waals surface area contributed by atoms with E-state index in [1.807, 2.05) is 25.1 Å². The first kappa shape index (κ1) is 19.6. The average molecular weight is 403 g/mol. The summed E-state index contributed by atoms with van der Waals surface area (Å²) in [6.45, 7) is 3.65. The molecule has 7 nitrogen and oxygen atoms in total. The van der Waals surface area contributed by atoms with Crippen LogP contribution in [0.25, 0.3) is 11.7 Å². The number of oxazole rings is 1. The third-order valence-electron chi connectivity index (χ3n) is 4.77. The van der Waals surface area contributed by atoms with Gasteiger partial charge in [-0.25, -0.2) is 4.98 Å². The number of carbonyl (C=O) groups is 1. The normalized spacial score (nSPS) is 12.0. The number of furan rings is 1. The van der Waals surface area contributed by atoms with Crippen LogP contribution in [0.15, 0.2) is 69.8 Å². The van der Waals surface area contributed by atoms with E-state index in [1.165, 1.54) is 6.26 Å². The number of rotatable bonds is 6. The molecule has 0 saturated carbocycles. The van der Waals surface area contributed by atoms with E-state index < -0.39 is 6.10 Å². The van der Waals surface area contributed by atoms with Crippen LogP contribution in [0.1, 0.15) is 34.4 Å². The lowest BCUT2D eigenvalue weighted by atomic mass is 10.0. The summed E-state index contributed by atoms with van der Waals surface area (Å²) >= 11 is 0. The van der Waals surface area contributed by atoms with Gasteiger partial charge in [-0.15, -0.1) is 0 Å². The molecule has 3 aromatic heterocycles. The number of anilines is 1. The Morgan fingerprint density at radius 3 is 2.77 bits per heavy atom. The van der Waals surface area contributed by atoms with Gasteiger partial charge in [-0.05, 0) is 55.3 Å². The van der Waals surface area contributed by atoms with Crippen molar-refractivity contribution in [1.82, 2.24) is 9.97 Å². The van der Waals surface area contributed by atoms with Crippen molar-refractivity contribution in [3.8, 4) is 11.7 Å². The van der Waals surface area contributed by atoms with Crippen molar-refractivity contribution < 1.29 is 18.7 Å². The molecule has 152 valence electrons. The van der Waals surface area contributed by atoms with Crippen LogP contribution in [0.3, 0.4) is 0 Å². The molecule has 0 radical (unpaired) electrons. The summed E-state index contributed by atoms with van der Waals surface area (Å²) < 4.78 is 10.9. The second kappa shape index (κ2) is 8.34. The Balaban J connectivity index is 1.50. The number of pyridine rings is 1. The van der Waals surface area contributed by atoms with Gasteiger partial charge < -0.3 is 19.3 Å². The maximum absolute atomic E-state index is 12.6. The molecule has 30 heavy (non-hydrogen) atoms. The van der Waals surface area contributed by atoms with E-state index in [0.717, 1.165) is 5.56 Å². The topological polar surface area (TPSA) is 101 Å². The number of benzene rings is 1. The van der Waals surface area contributed by atoms with Crippen LogP contribution < -0.4 is 5.32 Å². The number of carbonyl (C=O) groups excluding carboxylic acids is 1. The quantitative estimate of drug-likeness (QED) is 0.500. The maximum atomic E-state index is 12.6. The number of nitrogens with one attached hydrogen (secondary N) is 1. The van der Waals surface area contributed by atoms with Crippen molar-refractivity contribution in [3.63, 3.8) is 0 Å². The Morgan fingerprint density at radius 2 is 2.03 bits per heavy atom. The van der Waals surface area contributed by atoms with Crippen molar-refractivity contribution in [2.24, 2.45) is 0 Å². The van der Waals surface area contributed by atoms with Crippen LogP contribution in [0.2, 0.25) is 0 Å². The van der Waals surface area contributed by atoms with E-state index >= 15 is 0 Å². The molecule has 3 heterocycles. The van der Waals surface area contributed by atoms with Crippen molar-refractivity contribution in [1.29, 1.82) is 0 Å². The minimum absolute atomic E-state index is 0.0580. The first-order valence-corrected chi connectivity index (χ1v) is 9.51. The predicted octanol–water partition coefficient (Wildman–Crippen LogP) is 4.21. The molecule has 1 unspecified atom stereocenters. The van der Waals surface area contributed by atoms with Crippen LogP contribution >= 0.6 is 0 Å². The first-order chi connectivity index (χ1) is 14.5. The zero-order chi connectivity index (χ0) is 21.1. The number of aliphatic hydroxyl groups is 1. The van der Waals surface area contributed by atoms with Crippen LogP contribution in [-0.4, -0.2) is 21.0 Å². The summed E-state index contributed by atoms with van der Waals surface area (Å²) in [7, 11) is 0. The van der Waals surface area contributed by atoms with Crippen molar-refractivity contribution in [2.75, 3.05) is 5.32 Å². The monoisotopic (exact) mass is 403 g/mol. The number of aliphatic hydroxyl groups excluding tert-OH is 1. The van der Waals surface area contributed by atoms with E-state index in [0.29, 0.717) is 40.0 Å². The Labute approximate surface area is 173 Å². The molecule has 2 N–H and O–H groups in total. The van der Waals surface area contributed by atoms with Gasteiger partial charge in [0.05, 0.1) is 24.1 Å². The molecule has 1 aromatic carbocycles. The lowest BCUT2D eigenvalue weighted by molar-refractivity contribution is -0.115. The van der Waals surface area contributed by atoms with Crippen LogP contribution in [0.4, 0.5) is 5.69 Å². The fourth-order valence-corrected chi connectivity index (χ4v) is 3.10. The average Bonchev–Trinajstić information content (AvgIpc) is 3.40. The van der Waals surface area contributed by atoms with E-state index in [2.05, 4.69) is 15.3 Å². The van der Waals surface area contributed by atoms with E-state index in [-0.39, 0.29) is 12.3 Å². The molecule has 0 saturated heterocycles. The molecule has 4 rings (SSSR count). The highest BCUT2D eigenvalue weighted by Gasteiger charge is 2.18. The second-order valence-corrected chi connectivity index (χ2v) is 6.96. The lowest BCUT2D eigenvalue weighted by Gasteiger charge is -2.14. The highest BCUT2D eigenvalue weighted by atomic mass is 16.4. The van der Waals surface area contributed by atoms with E-state index in [9.17, 15) is 9.90 Å². The molecule has 7 heteroatoms.